The summed E-state index contributed by atoms with van der Waals surface area (Å²) in [6.07, 6.45) is 0. The summed E-state index contributed by atoms with van der Waals surface area (Å²) in [7, 11) is 0. The summed E-state index contributed by atoms with van der Waals surface area (Å²) >= 11 is 0. The first-order valence-electron chi connectivity index (χ1n) is 20.7. The summed E-state index contributed by atoms with van der Waals surface area (Å²) in [5.74, 6) is 0.636. The average molecular weight is 780 g/mol. The van der Waals surface area contributed by atoms with Gasteiger partial charge in [0.15, 0.2) is 5.58 Å². The molecule has 0 unspecified atom stereocenters. The number of fused-ring (bicyclic) bond motifs is 7. The fourth-order valence-corrected chi connectivity index (χ4v) is 8.97. The van der Waals surface area contributed by atoms with Gasteiger partial charge in [-0.25, -0.2) is 4.98 Å². The van der Waals surface area contributed by atoms with Crippen molar-refractivity contribution < 1.29 is 4.42 Å². The third-order valence-electron chi connectivity index (χ3n) is 12.0. The molecule has 0 saturated carbocycles. The van der Waals surface area contributed by atoms with Crippen molar-refractivity contribution in [1.82, 2.24) is 9.55 Å². The van der Waals surface area contributed by atoms with Gasteiger partial charge in [0.1, 0.15) is 5.52 Å². The second kappa shape index (κ2) is 14.3. The molecule has 12 aromatic rings. The van der Waals surface area contributed by atoms with E-state index in [1.165, 1.54) is 43.7 Å². The van der Waals surface area contributed by atoms with E-state index in [-0.39, 0.29) is 0 Å². The number of rotatable bonds is 7. The van der Waals surface area contributed by atoms with Crippen LogP contribution < -0.4 is 4.90 Å². The van der Waals surface area contributed by atoms with Crippen molar-refractivity contribution in [2.24, 2.45) is 0 Å². The first kappa shape index (κ1) is 34.8. The van der Waals surface area contributed by atoms with Gasteiger partial charge in [-0.15, -0.1) is 0 Å². The zero-order valence-electron chi connectivity index (χ0n) is 33.1. The third-order valence-corrected chi connectivity index (χ3v) is 12.0. The second-order valence-electron chi connectivity index (χ2n) is 15.6. The van der Waals surface area contributed by atoms with E-state index in [9.17, 15) is 0 Å². The zero-order valence-corrected chi connectivity index (χ0v) is 33.1. The molecule has 0 saturated heterocycles. The van der Waals surface area contributed by atoms with Crippen molar-refractivity contribution in [2.75, 3.05) is 4.90 Å². The fourth-order valence-electron chi connectivity index (χ4n) is 8.97. The molecule has 0 bridgehead atoms. The number of para-hydroxylation sites is 2. The predicted molar refractivity (Wildman–Crippen MR) is 254 cm³/mol. The monoisotopic (exact) mass is 779 g/mol. The SMILES string of the molecule is c1ccc(-c2nc3ccc4cc(-c5ccc(N(c6ccc(-c7ccc8ccccc8c7)cc6)c6ccc7c(c6)c6ccccc6n7-c6ccccc6)cc5)ccc4c3o2)cc1. The van der Waals surface area contributed by atoms with E-state index in [1.54, 1.807) is 0 Å². The summed E-state index contributed by atoms with van der Waals surface area (Å²) in [6, 6.07) is 80.2. The largest absolute Gasteiger partial charge is 0.435 e. The average Bonchev–Trinajstić information content (AvgIpc) is 3.92. The van der Waals surface area contributed by atoms with E-state index in [2.05, 4.69) is 204 Å². The maximum Gasteiger partial charge on any atom is 0.227 e. The molecule has 286 valence electrons. The van der Waals surface area contributed by atoms with Gasteiger partial charge in [0.05, 0.1) is 11.0 Å². The number of nitrogens with zero attached hydrogens (tertiary/aromatic N) is 3. The lowest BCUT2D eigenvalue weighted by atomic mass is 10.00. The molecule has 0 aliphatic rings. The van der Waals surface area contributed by atoms with Crippen molar-refractivity contribution in [3.8, 4) is 39.4 Å². The smallest absolute Gasteiger partial charge is 0.227 e. The molecule has 0 atom stereocenters. The molecular formula is C57H37N3O. The lowest BCUT2D eigenvalue weighted by molar-refractivity contribution is 0.623. The van der Waals surface area contributed by atoms with Crippen LogP contribution in [-0.2, 0) is 0 Å². The molecule has 2 aromatic heterocycles. The maximum atomic E-state index is 6.34. The lowest BCUT2D eigenvalue weighted by Gasteiger charge is -2.26. The van der Waals surface area contributed by atoms with Crippen LogP contribution in [0.25, 0.3) is 93.8 Å². The number of aromatic nitrogens is 2. The molecule has 10 aromatic carbocycles. The molecule has 4 nitrogen and oxygen atoms in total. The first-order valence-corrected chi connectivity index (χ1v) is 20.7. The molecule has 0 aliphatic carbocycles. The number of benzene rings is 10. The molecule has 0 radical (unpaired) electrons. The number of oxazole rings is 1. The van der Waals surface area contributed by atoms with Gasteiger partial charge in [-0.05, 0) is 135 Å². The number of hydrogen-bond acceptors (Lipinski definition) is 3. The molecule has 4 heteroatoms. The van der Waals surface area contributed by atoms with Crippen LogP contribution in [0.3, 0.4) is 0 Å². The second-order valence-corrected chi connectivity index (χ2v) is 15.6. The van der Waals surface area contributed by atoms with E-state index in [0.29, 0.717) is 5.89 Å². The standard InChI is InChI=1S/C57H37N3O/c1-3-12-41(13-4-1)57-58-53-33-26-45-36-44(25-32-50(45)56(53)61-57)40-23-29-48(30-24-40)59(47-27-21-39(22-28-47)43-20-19-38-11-7-8-14-42(38)35-43)49-31-34-55-52(37-49)51-17-9-10-18-54(51)60(55)46-15-5-2-6-16-46/h1-37H. The highest BCUT2D eigenvalue weighted by atomic mass is 16.3. The van der Waals surface area contributed by atoms with Crippen molar-refractivity contribution in [2.45, 2.75) is 0 Å². The normalized spacial score (nSPS) is 11.6. The highest BCUT2D eigenvalue weighted by Gasteiger charge is 2.18. The predicted octanol–water partition coefficient (Wildman–Crippen LogP) is 15.7. The van der Waals surface area contributed by atoms with Gasteiger partial charge >= 0.3 is 0 Å². The van der Waals surface area contributed by atoms with Crippen LogP contribution >= 0.6 is 0 Å². The summed E-state index contributed by atoms with van der Waals surface area (Å²) in [5.41, 5.74) is 14.1. The Bertz CT molecular complexity index is 3570. The Hall–Kier alpha value is -8.21. The van der Waals surface area contributed by atoms with Crippen LogP contribution in [0.5, 0.6) is 0 Å². The Morgan fingerprint density at radius 2 is 0.934 bits per heavy atom. The van der Waals surface area contributed by atoms with Gasteiger partial charge < -0.3 is 13.9 Å². The minimum atomic E-state index is 0.636. The Morgan fingerprint density at radius 3 is 1.69 bits per heavy atom. The first-order chi connectivity index (χ1) is 30.2. The summed E-state index contributed by atoms with van der Waals surface area (Å²) in [6.45, 7) is 0. The Labute approximate surface area is 352 Å². The molecule has 0 aliphatic heterocycles. The van der Waals surface area contributed by atoms with E-state index >= 15 is 0 Å². The van der Waals surface area contributed by atoms with Crippen LogP contribution in [-0.4, -0.2) is 9.55 Å². The minimum Gasteiger partial charge on any atom is -0.435 e. The van der Waals surface area contributed by atoms with Crippen LogP contribution in [0.15, 0.2) is 229 Å². The number of anilines is 3. The zero-order chi connectivity index (χ0) is 40.3. The Balaban J connectivity index is 0.950. The Morgan fingerprint density at radius 1 is 0.361 bits per heavy atom. The molecule has 0 fully saturated rings. The van der Waals surface area contributed by atoms with E-state index in [0.717, 1.165) is 61.3 Å². The Kier molecular flexibility index (Phi) is 8.13. The van der Waals surface area contributed by atoms with Crippen molar-refractivity contribution >= 4 is 71.5 Å². The number of hydrogen-bond donors (Lipinski definition) is 0. The van der Waals surface area contributed by atoms with Crippen LogP contribution in [0.2, 0.25) is 0 Å². The van der Waals surface area contributed by atoms with Crippen LogP contribution in [0.1, 0.15) is 0 Å². The van der Waals surface area contributed by atoms with Gasteiger partial charge in [-0.3, -0.25) is 0 Å². The highest BCUT2D eigenvalue weighted by molar-refractivity contribution is 6.11. The van der Waals surface area contributed by atoms with Gasteiger partial charge in [-0.1, -0.05) is 127 Å². The van der Waals surface area contributed by atoms with Gasteiger partial charge in [0.2, 0.25) is 5.89 Å². The van der Waals surface area contributed by atoms with E-state index < -0.39 is 0 Å². The summed E-state index contributed by atoms with van der Waals surface area (Å²) < 4.78 is 8.71. The third kappa shape index (κ3) is 6.04. The quantitative estimate of drug-likeness (QED) is 0.162. The molecule has 0 spiro atoms. The summed E-state index contributed by atoms with van der Waals surface area (Å²) in [5, 5.41) is 7.08. The fraction of sp³-hybridized carbons (Fsp3) is 0. The molecule has 0 N–H and O–H groups in total. The molecule has 0 amide bonds. The van der Waals surface area contributed by atoms with Crippen molar-refractivity contribution in [1.29, 1.82) is 0 Å². The topological polar surface area (TPSA) is 34.2 Å². The minimum absolute atomic E-state index is 0.636. The summed E-state index contributed by atoms with van der Waals surface area (Å²) in [4.78, 5) is 7.16. The van der Waals surface area contributed by atoms with E-state index in [1.807, 2.05) is 30.3 Å². The maximum absolute atomic E-state index is 6.34. The highest BCUT2D eigenvalue weighted by Crippen LogP contribution is 2.41. The lowest BCUT2D eigenvalue weighted by Crippen LogP contribution is -2.10. The molecule has 61 heavy (non-hydrogen) atoms. The van der Waals surface area contributed by atoms with Gasteiger partial charge in [-0.2, -0.15) is 0 Å². The van der Waals surface area contributed by atoms with Crippen molar-refractivity contribution in [3.63, 3.8) is 0 Å². The molecule has 2 heterocycles. The van der Waals surface area contributed by atoms with Crippen molar-refractivity contribution in [3.05, 3.63) is 224 Å². The van der Waals surface area contributed by atoms with Crippen LogP contribution in [0.4, 0.5) is 17.1 Å². The molecule has 12 rings (SSSR count). The van der Waals surface area contributed by atoms with Gasteiger partial charge in [0, 0.05) is 44.5 Å². The van der Waals surface area contributed by atoms with Crippen LogP contribution in [0, 0.1) is 0 Å². The van der Waals surface area contributed by atoms with Gasteiger partial charge in [0.25, 0.3) is 0 Å². The molecular weight excluding hydrogens is 743 g/mol. The van der Waals surface area contributed by atoms with E-state index in [4.69, 9.17) is 9.40 Å².